The van der Waals surface area contributed by atoms with E-state index in [1.165, 1.54) is 5.56 Å². The van der Waals surface area contributed by atoms with Crippen molar-refractivity contribution in [1.29, 1.82) is 0 Å². The molecular weight excluding hydrogens is 234 g/mol. The van der Waals surface area contributed by atoms with Crippen LogP contribution in [0.1, 0.15) is 32.4 Å². The molecule has 1 unspecified atom stereocenters. The third kappa shape index (κ3) is 4.66. The molecule has 1 N–H and O–H groups in total. The van der Waals surface area contributed by atoms with E-state index >= 15 is 0 Å². The highest BCUT2D eigenvalue weighted by atomic mass is 35.5. The van der Waals surface area contributed by atoms with Crippen molar-refractivity contribution in [3.8, 4) is 0 Å². The molecule has 0 heterocycles. The molecule has 2 nitrogen and oxygen atoms in total. The summed E-state index contributed by atoms with van der Waals surface area (Å²) in [6.07, 6.45) is 0. The molecule has 0 aliphatic rings. The van der Waals surface area contributed by atoms with E-state index in [1.54, 1.807) is 7.11 Å². The van der Waals surface area contributed by atoms with Crippen molar-refractivity contribution in [2.24, 2.45) is 5.92 Å². The van der Waals surface area contributed by atoms with Gasteiger partial charge in [0.15, 0.2) is 0 Å². The smallest absolute Gasteiger partial charge is 0.0618 e. The van der Waals surface area contributed by atoms with Crippen LogP contribution in [-0.4, -0.2) is 19.8 Å². The molecule has 0 saturated carbocycles. The molecule has 0 fully saturated rings. The number of hydrogen-bond acceptors (Lipinski definition) is 2. The Labute approximate surface area is 109 Å². The average Bonchev–Trinajstić information content (AvgIpc) is 2.28. The third-order valence-electron chi connectivity index (χ3n) is 2.96. The van der Waals surface area contributed by atoms with Gasteiger partial charge in [-0.3, -0.25) is 0 Å². The van der Waals surface area contributed by atoms with Gasteiger partial charge in [-0.25, -0.2) is 0 Å². The number of rotatable bonds is 6. The lowest BCUT2D eigenvalue weighted by Gasteiger charge is -2.26. The van der Waals surface area contributed by atoms with Crippen molar-refractivity contribution in [1.82, 2.24) is 5.32 Å². The van der Waals surface area contributed by atoms with E-state index in [1.807, 2.05) is 18.2 Å². The summed E-state index contributed by atoms with van der Waals surface area (Å²) in [5.41, 5.74) is 1.21. The molecular formula is C14H22ClNO. The number of nitrogens with one attached hydrogen (secondary N) is 1. The average molecular weight is 256 g/mol. The first-order valence-corrected chi connectivity index (χ1v) is 6.42. The van der Waals surface area contributed by atoms with Crippen molar-refractivity contribution in [3.05, 3.63) is 34.9 Å². The second-order valence-corrected chi connectivity index (χ2v) is 5.19. The van der Waals surface area contributed by atoms with Gasteiger partial charge in [0, 0.05) is 24.2 Å². The standard InChI is InChI=1S/C14H22ClNO/c1-10(2)14(9-17-4)16-11(3)12-6-5-7-13(15)8-12/h5-8,10-11,14,16H,9H2,1-4H3/t11-,14?/m1/s1. The maximum Gasteiger partial charge on any atom is 0.0618 e. The maximum absolute atomic E-state index is 6.00. The molecule has 0 bridgehead atoms. The van der Waals surface area contributed by atoms with Gasteiger partial charge < -0.3 is 10.1 Å². The fraction of sp³-hybridized carbons (Fsp3) is 0.571. The predicted octanol–water partition coefficient (Wildman–Crippen LogP) is 3.66. The summed E-state index contributed by atoms with van der Waals surface area (Å²) in [4.78, 5) is 0. The maximum atomic E-state index is 6.00. The van der Waals surface area contributed by atoms with Crippen LogP contribution in [0.5, 0.6) is 0 Å². The zero-order valence-electron chi connectivity index (χ0n) is 11.0. The van der Waals surface area contributed by atoms with Crippen LogP contribution in [0.25, 0.3) is 0 Å². The third-order valence-corrected chi connectivity index (χ3v) is 3.20. The summed E-state index contributed by atoms with van der Waals surface area (Å²) in [5, 5.41) is 4.36. The SMILES string of the molecule is COCC(N[C@H](C)c1cccc(Cl)c1)C(C)C. The molecule has 1 aromatic rings. The molecule has 96 valence electrons. The largest absolute Gasteiger partial charge is 0.383 e. The molecule has 1 rings (SSSR count). The Morgan fingerprint density at radius 3 is 2.53 bits per heavy atom. The first-order chi connectivity index (χ1) is 8.04. The number of benzene rings is 1. The van der Waals surface area contributed by atoms with Crippen molar-refractivity contribution >= 4 is 11.6 Å². The molecule has 0 aliphatic carbocycles. The van der Waals surface area contributed by atoms with Gasteiger partial charge in [0.1, 0.15) is 0 Å². The van der Waals surface area contributed by atoms with E-state index in [9.17, 15) is 0 Å². The first-order valence-electron chi connectivity index (χ1n) is 6.05. The molecule has 0 spiro atoms. The van der Waals surface area contributed by atoms with Gasteiger partial charge in [-0.1, -0.05) is 37.6 Å². The zero-order valence-corrected chi connectivity index (χ0v) is 11.8. The Morgan fingerprint density at radius 1 is 1.29 bits per heavy atom. The minimum atomic E-state index is 0.274. The van der Waals surface area contributed by atoms with Gasteiger partial charge in [-0.15, -0.1) is 0 Å². The van der Waals surface area contributed by atoms with Crippen LogP contribution >= 0.6 is 11.6 Å². The van der Waals surface area contributed by atoms with Gasteiger partial charge in [0.2, 0.25) is 0 Å². The number of halogens is 1. The molecule has 0 aromatic heterocycles. The molecule has 17 heavy (non-hydrogen) atoms. The molecule has 2 atom stereocenters. The van der Waals surface area contributed by atoms with Crippen LogP contribution in [0.3, 0.4) is 0 Å². The molecule has 3 heteroatoms. The van der Waals surface area contributed by atoms with E-state index in [4.69, 9.17) is 16.3 Å². The summed E-state index contributed by atoms with van der Waals surface area (Å²) in [7, 11) is 1.74. The van der Waals surface area contributed by atoms with E-state index in [2.05, 4.69) is 32.2 Å². The summed E-state index contributed by atoms with van der Waals surface area (Å²) in [6, 6.07) is 8.60. The van der Waals surface area contributed by atoms with Crippen LogP contribution in [0, 0.1) is 5.92 Å². The van der Waals surface area contributed by atoms with Crippen LogP contribution in [0.4, 0.5) is 0 Å². The highest BCUT2D eigenvalue weighted by Crippen LogP contribution is 2.19. The predicted molar refractivity (Wildman–Crippen MR) is 73.5 cm³/mol. The van der Waals surface area contributed by atoms with Crippen LogP contribution in [0.15, 0.2) is 24.3 Å². The van der Waals surface area contributed by atoms with Crippen molar-refractivity contribution in [3.63, 3.8) is 0 Å². The molecule has 0 amide bonds. The topological polar surface area (TPSA) is 21.3 Å². The Hall–Kier alpha value is -0.570. The lowest BCUT2D eigenvalue weighted by Crippen LogP contribution is -2.39. The van der Waals surface area contributed by atoms with Crippen LogP contribution in [-0.2, 0) is 4.74 Å². The van der Waals surface area contributed by atoms with E-state index in [-0.39, 0.29) is 6.04 Å². The van der Waals surface area contributed by atoms with E-state index < -0.39 is 0 Å². The quantitative estimate of drug-likeness (QED) is 0.838. The van der Waals surface area contributed by atoms with E-state index in [0.717, 1.165) is 11.6 Å². The van der Waals surface area contributed by atoms with Gasteiger partial charge in [0.25, 0.3) is 0 Å². The van der Waals surface area contributed by atoms with Gasteiger partial charge in [0.05, 0.1) is 6.61 Å². The summed E-state index contributed by atoms with van der Waals surface area (Å²) < 4.78 is 5.24. The van der Waals surface area contributed by atoms with Gasteiger partial charge >= 0.3 is 0 Å². The minimum Gasteiger partial charge on any atom is -0.383 e. The Kier molecular flexibility index (Phi) is 5.96. The van der Waals surface area contributed by atoms with Gasteiger partial charge in [-0.2, -0.15) is 0 Å². The Morgan fingerprint density at radius 2 is 2.00 bits per heavy atom. The first kappa shape index (κ1) is 14.5. The van der Waals surface area contributed by atoms with Gasteiger partial charge in [-0.05, 0) is 30.5 Å². The van der Waals surface area contributed by atoms with Crippen molar-refractivity contribution in [2.75, 3.05) is 13.7 Å². The number of hydrogen-bond donors (Lipinski definition) is 1. The van der Waals surface area contributed by atoms with Crippen LogP contribution in [0.2, 0.25) is 5.02 Å². The second-order valence-electron chi connectivity index (χ2n) is 4.75. The Balaban J connectivity index is 2.66. The molecule has 0 aliphatic heterocycles. The highest BCUT2D eigenvalue weighted by molar-refractivity contribution is 6.30. The summed E-state index contributed by atoms with van der Waals surface area (Å²) in [5.74, 6) is 0.539. The lowest BCUT2D eigenvalue weighted by molar-refractivity contribution is 0.141. The molecule has 1 aromatic carbocycles. The number of methoxy groups -OCH3 is 1. The van der Waals surface area contributed by atoms with Crippen LogP contribution < -0.4 is 5.32 Å². The van der Waals surface area contributed by atoms with E-state index in [0.29, 0.717) is 12.0 Å². The number of ether oxygens (including phenoxy) is 1. The normalized spacial score (nSPS) is 14.9. The van der Waals surface area contributed by atoms with Crippen molar-refractivity contribution < 1.29 is 4.74 Å². The fourth-order valence-corrected chi connectivity index (χ4v) is 2.00. The second kappa shape index (κ2) is 7.00. The molecule has 0 radical (unpaired) electrons. The fourth-order valence-electron chi connectivity index (χ4n) is 1.81. The monoisotopic (exact) mass is 255 g/mol. The lowest BCUT2D eigenvalue weighted by atomic mass is 10.0. The summed E-state index contributed by atoms with van der Waals surface area (Å²) >= 11 is 6.00. The molecule has 0 saturated heterocycles. The highest BCUT2D eigenvalue weighted by Gasteiger charge is 2.16. The summed E-state index contributed by atoms with van der Waals surface area (Å²) in [6.45, 7) is 7.27. The minimum absolute atomic E-state index is 0.274. The zero-order chi connectivity index (χ0) is 12.8. The Bertz CT molecular complexity index is 341. The van der Waals surface area contributed by atoms with Crippen molar-refractivity contribution in [2.45, 2.75) is 32.9 Å².